The highest BCUT2D eigenvalue weighted by molar-refractivity contribution is 6.06. The number of hydrogen-bond acceptors (Lipinski definition) is 2. The van der Waals surface area contributed by atoms with E-state index in [0.717, 1.165) is 22.2 Å². The van der Waals surface area contributed by atoms with Gasteiger partial charge >= 0.3 is 0 Å². The summed E-state index contributed by atoms with van der Waals surface area (Å²) in [5.41, 5.74) is 3.72. The lowest BCUT2D eigenvalue weighted by molar-refractivity contribution is 0.0941. The molecule has 0 bridgehead atoms. The van der Waals surface area contributed by atoms with E-state index >= 15 is 0 Å². The van der Waals surface area contributed by atoms with E-state index in [0.29, 0.717) is 5.56 Å². The van der Waals surface area contributed by atoms with Crippen LogP contribution in [0.15, 0.2) is 36.7 Å². The zero-order chi connectivity index (χ0) is 15.0. The minimum Gasteiger partial charge on any atom is -0.360 e. The fourth-order valence-electron chi connectivity index (χ4n) is 2.55. The molecular formula is C16H18N4O. The molecule has 0 aliphatic heterocycles. The van der Waals surface area contributed by atoms with Crippen LogP contribution in [0.1, 0.15) is 34.6 Å². The van der Waals surface area contributed by atoms with Gasteiger partial charge in [-0.15, -0.1) is 0 Å². The van der Waals surface area contributed by atoms with E-state index in [1.165, 1.54) is 0 Å². The third-order valence-corrected chi connectivity index (χ3v) is 3.92. The summed E-state index contributed by atoms with van der Waals surface area (Å²) in [6.45, 7) is 3.97. The van der Waals surface area contributed by atoms with Gasteiger partial charge < -0.3 is 10.3 Å². The van der Waals surface area contributed by atoms with Gasteiger partial charge in [-0.2, -0.15) is 5.10 Å². The molecule has 5 nitrogen and oxygen atoms in total. The lowest BCUT2D eigenvalue weighted by Gasteiger charge is -2.13. The van der Waals surface area contributed by atoms with Crippen LogP contribution < -0.4 is 5.32 Å². The number of nitrogens with one attached hydrogen (secondary N) is 2. The van der Waals surface area contributed by atoms with Crippen molar-refractivity contribution < 1.29 is 4.79 Å². The molecule has 3 aromatic rings. The Hall–Kier alpha value is -2.56. The Balaban J connectivity index is 1.85. The fraction of sp³-hybridized carbons (Fsp3) is 0.250. The predicted octanol–water partition coefficient (Wildman–Crippen LogP) is 2.70. The minimum atomic E-state index is -0.0835. The van der Waals surface area contributed by atoms with Crippen LogP contribution in [-0.2, 0) is 7.05 Å². The number of H-pyrrole nitrogens is 1. The fourth-order valence-corrected chi connectivity index (χ4v) is 2.55. The SMILES string of the molecule is Cc1c(C(C)NC(=O)c2c[nH]c3ccccc23)cnn1C. The summed E-state index contributed by atoms with van der Waals surface area (Å²) in [5, 5.41) is 8.18. The van der Waals surface area contributed by atoms with Crippen molar-refractivity contribution in [3.63, 3.8) is 0 Å². The molecule has 108 valence electrons. The Morgan fingerprint density at radius 2 is 2.14 bits per heavy atom. The number of nitrogens with zero attached hydrogens (tertiary/aromatic N) is 2. The Morgan fingerprint density at radius 1 is 1.38 bits per heavy atom. The van der Waals surface area contributed by atoms with Gasteiger partial charge in [0.05, 0.1) is 17.8 Å². The summed E-state index contributed by atoms with van der Waals surface area (Å²) in [5.74, 6) is -0.0804. The molecule has 0 aliphatic rings. The molecule has 5 heteroatoms. The molecule has 0 saturated carbocycles. The van der Waals surface area contributed by atoms with Gasteiger partial charge in [0.2, 0.25) is 0 Å². The van der Waals surface area contributed by atoms with Crippen molar-refractivity contribution in [1.29, 1.82) is 0 Å². The van der Waals surface area contributed by atoms with E-state index in [1.807, 2.05) is 49.8 Å². The second-order valence-corrected chi connectivity index (χ2v) is 5.25. The predicted molar refractivity (Wildman–Crippen MR) is 82.1 cm³/mol. The summed E-state index contributed by atoms with van der Waals surface area (Å²) in [7, 11) is 1.90. The first-order chi connectivity index (χ1) is 10.1. The van der Waals surface area contributed by atoms with Crippen LogP contribution in [0.4, 0.5) is 0 Å². The number of carbonyl (C=O) groups is 1. The van der Waals surface area contributed by atoms with Gasteiger partial charge in [-0.25, -0.2) is 0 Å². The Kier molecular flexibility index (Phi) is 3.25. The molecule has 2 aromatic heterocycles. The Morgan fingerprint density at radius 3 is 2.86 bits per heavy atom. The third kappa shape index (κ3) is 2.31. The molecule has 0 spiro atoms. The highest BCUT2D eigenvalue weighted by atomic mass is 16.1. The van der Waals surface area contributed by atoms with Crippen LogP contribution in [0.25, 0.3) is 10.9 Å². The maximum Gasteiger partial charge on any atom is 0.253 e. The van der Waals surface area contributed by atoms with E-state index in [9.17, 15) is 4.79 Å². The van der Waals surface area contributed by atoms with E-state index in [4.69, 9.17) is 0 Å². The van der Waals surface area contributed by atoms with Crippen LogP contribution in [0.2, 0.25) is 0 Å². The number of benzene rings is 1. The highest BCUT2D eigenvalue weighted by Crippen LogP contribution is 2.20. The smallest absolute Gasteiger partial charge is 0.253 e. The first kappa shape index (κ1) is 13.4. The Bertz CT molecular complexity index is 800. The lowest BCUT2D eigenvalue weighted by atomic mass is 10.1. The van der Waals surface area contributed by atoms with Crippen LogP contribution in [0.5, 0.6) is 0 Å². The number of amides is 1. The van der Waals surface area contributed by atoms with E-state index < -0.39 is 0 Å². The van der Waals surface area contributed by atoms with Gasteiger partial charge in [-0.05, 0) is 19.9 Å². The first-order valence-corrected chi connectivity index (χ1v) is 6.93. The highest BCUT2D eigenvalue weighted by Gasteiger charge is 2.17. The molecule has 1 aromatic carbocycles. The molecule has 1 atom stereocenters. The maximum absolute atomic E-state index is 12.5. The third-order valence-electron chi connectivity index (χ3n) is 3.92. The largest absolute Gasteiger partial charge is 0.360 e. The van der Waals surface area contributed by atoms with Crippen molar-refractivity contribution in [3.05, 3.63) is 53.5 Å². The molecule has 2 heterocycles. The van der Waals surface area contributed by atoms with Crippen molar-refractivity contribution in [2.24, 2.45) is 7.05 Å². The van der Waals surface area contributed by atoms with Gasteiger partial charge in [0.1, 0.15) is 0 Å². The molecule has 0 fully saturated rings. The van der Waals surface area contributed by atoms with Crippen molar-refractivity contribution in [3.8, 4) is 0 Å². The lowest BCUT2D eigenvalue weighted by Crippen LogP contribution is -2.26. The zero-order valence-corrected chi connectivity index (χ0v) is 12.3. The molecule has 0 radical (unpaired) electrons. The van der Waals surface area contributed by atoms with Crippen LogP contribution in [-0.4, -0.2) is 20.7 Å². The summed E-state index contributed by atoms with van der Waals surface area (Å²) < 4.78 is 1.81. The molecule has 21 heavy (non-hydrogen) atoms. The number of aromatic amines is 1. The van der Waals surface area contributed by atoms with Crippen molar-refractivity contribution >= 4 is 16.8 Å². The van der Waals surface area contributed by atoms with E-state index in [2.05, 4.69) is 15.4 Å². The van der Waals surface area contributed by atoms with Gasteiger partial charge in [-0.3, -0.25) is 9.48 Å². The number of aryl methyl sites for hydroxylation is 1. The van der Waals surface area contributed by atoms with Crippen LogP contribution >= 0.6 is 0 Å². The quantitative estimate of drug-likeness (QED) is 0.776. The second kappa shape index (κ2) is 5.09. The first-order valence-electron chi connectivity index (χ1n) is 6.93. The number of carbonyl (C=O) groups excluding carboxylic acids is 1. The average Bonchev–Trinajstić information content (AvgIpc) is 3.04. The van der Waals surface area contributed by atoms with Gasteiger partial charge in [0.15, 0.2) is 0 Å². The topological polar surface area (TPSA) is 62.7 Å². The summed E-state index contributed by atoms with van der Waals surface area (Å²) in [6, 6.07) is 7.70. The maximum atomic E-state index is 12.5. The normalized spacial score (nSPS) is 12.5. The monoisotopic (exact) mass is 282 g/mol. The molecular weight excluding hydrogens is 264 g/mol. The second-order valence-electron chi connectivity index (χ2n) is 5.25. The summed E-state index contributed by atoms with van der Waals surface area (Å²) in [4.78, 5) is 15.6. The van der Waals surface area contributed by atoms with Crippen molar-refractivity contribution in [2.75, 3.05) is 0 Å². The molecule has 1 amide bonds. The molecule has 3 rings (SSSR count). The Labute approximate surface area is 123 Å². The van der Waals surface area contributed by atoms with Gasteiger partial charge in [-0.1, -0.05) is 18.2 Å². The number of rotatable bonds is 3. The number of hydrogen-bond donors (Lipinski definition) is 2. The van der Waals surface area contributed by atoms with E-state index in [1.54, 1.807) is 12.4 Å². The summed E-state index contributed by atoms with van der Waals surface area (Å²) >= 11 is 0. The average molecular weight is 282 g/mol. The van der Waals surface area contributed by atoms with Crippen molar-refractivity contribution in [2.45, 2.75) is 19.9 Å². The van der Waals surface area contributed by atoms with Crippen LogP contribution in [0, 0.1) is 6.92 Å². The summed E-state index contributed by atoms with van der Waals surface area (Å²) in [6.07, 6.45) is 3.55. The molecule has 0 saturated heterocycles. The van der Waals surface area contributed by atoms with Crippen molar-refractivity contribution in [1.82, 2.24) is 20.1 Å². The van der Waals surface area contributed by atoms with Crippen LogP contribution in [0.3, 0.4) is 0 Å². The standard InChI is InChI=1S/C16H18N4O/c1-10(13-9-18-20(3)11(13)2)19-16(21)14-8-17-15-7-5-4-6-12(14)15/h4-10,17H,1-3H3,(H,19,21). The molecule has 0 aliphatic carbocycles. The van der Waals surface area contributed by atoms with E-state index in [-0.39, 0.29) is 11.9 Å². The minimum absolute atomic E-state index is 0.0804. The van der Waals surface area contributed by atoms with Gasteiger partial charge in [0.25, 0.3) is 5.91 Å². The van der Waals surface area contributed by atoms with Gasteiger partial charge in [0, 0.05) is 35.4 Å². The molecule has 1 unspecified atom stereocenters. The zero-order valence-electron chi connectivity index (χ0n) is 12.3. The number of fused-ring (bicyclic) bond motifs is 1. The number of aromatic nitrogens is 3. The number of para-hydroxylation sites is 1. The molecule has 2 N–H and O–H groups in total.